The van der Waals surface area contributed by atoms with Gasteiger partial charge in [-0.15, -0.1) is 23.1 Å². The zero-order valence-corrected chi connectivity index (χ0v) is 19.4. The second-order valence-corrected chi connectivity index (χ2v) is 10.5. The maximum absolute atomic E-state index is 12.5. The van der Waals surface area contributed by atoms with Crippen molar-refractivity contribution in [1.29, 1.82) is 0 Å². The number of carbonyl (C=O) groups is 1. The van der Waals surface area contributed by atoms with Gasteiger partial charge in [0, 0.05) is 30.6 Å². The van der Waals surface area contributed by atoms with Gasteiger partial charge >= 0.3 is 0 Å². The lowest BCUT2D eigenvalue weighted by atomic mass is 10.0. The molecule has 0 atom stereocenters. The summed E-state index contributed by atoms with van der Waals surface area (Å²) in [6.07, 6.45) is 7.45. The van der Waals surface area contributed by atoms with Crippen molar-refractivity contribution in [2.75, 3.05) is 25.4 Å². The van der Waals surface area contributed by atoms with Crippen LogP contribution in [0.1, 0.15) is 49.4 Å². The number of thiophene rings is 1. The van der Waals surface area contributed by atoms with E-state index in [0.717, 1.165) is 62.0 Å². The number of fused-ring (bicyclic) bond motifs is 3. The van der Waals surface area contributed by atoms with E-state index in [1.165, 1.54) is 27.8 Å². The molecular weight excluding hydrogens is 416 g/mol. The van der Waals surface area contributed by atoms with Gasteiger partial charge in [-0.25, -0.2) is 4.98 Å². The highest BCUT2D eigenvalue weighted by molar-refractivity contribution is 7.99. The van der Waals surface area contributed by atoms with Crippen LogP contribution in [0.25, 0.3) is 10.2 Å². The van der Waals surface area contributed by atoms with E-state index in [2.05, 4.69) is 40.1 Å². The quantitative estimate of drug-likeness (QED) is 0.639. The molecule has 8 heteroatoms. The molecule has 2 aromatic heterocycles. The molecule has 30 heavy (non-hydrogen) atoms. The van der Waals surface area contributed by atoms with Crippen LogP contribution in [0, 0.1) is 0 Å². The molecule has 0 radical (unpaired) electrons. The van der Waals surface area contributed by atoms with E-state index in [0.29, 0.717) is 17.3 Å². The summed E-state index contributed by atoms with van der Waals surface area (Å²) in [7, 11) is 0. The number of nitrogens with one attached hydrogen (secondary N) is 2. The Bertz CT molecular complexity index is 998. The zero-order valence-electron chi connectivity index (χ0n) is 17.8. The SMILES string of the molecule is CC(C)=CCN1CCC(NC(=O)CSCc2nc3sc4c(c3c(=O)[nH]2)CCC4)CC1. The maximum atomic E-state index is 12.5. The number of likely N-dealkylation sites (tertiary alicyclic amines) is 1. The van der Waals surface area contributed by atoms with Crippen LogP contribution in [-0.4, -0.2) is 52.2 Å². The number of amides is 1. The molecule has 2 N–H and O–H groups in total. The van der Waals surface area contributed by atoms with Crippen molar-refractivity contribution in [3.05, 3.63) is 38.3 Å². The Morgan fingerprint density at radius 3 is 2.90 bits per heavy atom. The van der Waals surface area contributed by atoms with Gasteiger partial charge in [0.15, 0.2) is 0 Å². The smallest absolute Gasteiger partial charge is 0.259 e. The predicted molar refractivity (Wildman–Crippen MR) is 125 cm³/mol. The van der Waals surface area contributed by atoms with E-state index in [1.807, 2.05) is 0 Å². The van der Waals surface area contributed by atoms with E-state index in [-0.39, 0.29) is 17.5 Å². The average molecular weight is 447 g/mol. The lowest BCUT2D eigenvalue weighted by Gasteiger charge is -2.31. The van der Waals surface area contributed by atoms with Gasteiger partial charge in [0.1, 0.15) is 10.7 Å². The van der Waals surface area contributed by atoms with E-state index in [1.54, 1.807) is 11.3 Å². The van der Waals surface area contributed by atoms with Gasteiger partial charge in [0.25, 0.3) is 5.56 Å². The summed E-state index contributed by atoms with van der Waals surface area (Å²) in [5.41, 5.74) is 2.52. The minimum Gasteiger partial charge on any atom is -0.353 e. The maximum Gasteiger partial charge on any atom is 0.259 e. The van der Waals surface area contributed by atoms with E-state index < -0.39 is 0 Å². The Labute approximate surface area is 185 Å². The Morgan fingerprint density at radius 1 is 1.33 bits per heavy atom. The number of carbonyl (C=O) groups excluding carboxylic acids is 1. The van der Waals surface area contributed by atoms with Crippen LogP contribution < -0.4 is 10.9 Å². The molecule has 1 aliphatic carbocycles. The van der Waals surface area contributed by atoms with Crippen LogP contribution in [0.2, 0.25) is 0 Å². The van der Waals surface area contributed by atoms with Crippen LogP contribution in [0.5, 0.6) is 0 Å². The molecule has 0 bridgehead atoms. The number of hydrogen-bond acceptors (Lipinski definition) is 6. The summed E-state index contributed by atoms with van der Waals surface area (Å²) >= 11 is 3.16. The van der Waals surface area contributed by atoms with Crippen molar-refractivity contribution in [3.8, 4) is 0 Å². The van der Waals surface area contributed by atoms with Crippen molar-refractivity contribution < 1.29 is 4.79 Å². The number of H-pyrrole nitrogens is 1. The van der Waals surface area contributed by atoms with Crippen molar-refractivity contribution >= 4 is 39.2 Å². The molecule has 0 saturated carbocycles. The van der Waals surface area contributed by atoms with E-state index >= 15 is 0 Å². The van der Waals surface area contributed by atoms with Gasteiger partial charge in [-0.05, 0) is 51.5 Å². The molecule has 1 aliphatic heterocycles. The highest BCUT2D eigenvalue weighted by Crippen LogP contribution is 2.34. The summed E-state index contributed by atoms with van der Waals surface area (Å²) in [5, 5.41) is 3.95. The summed E-state index contributed by atoms with van der Waals surface area (Å²) < 4.78 is 0. The predicted octanol–water partition coefficient (Wildman–Crippen LogP) is 3.25. The van der Waals surface area contributed by atoms with Crippen molar-refractivity contribution in [2.24, 2.45) is 0 Å². The summed E-state index contributed by atoms with van der Waals surface area (Å²) in [4.78, 5) is 37.0. The third-order valence-electron chi connectivity index (χ3n) is 5.81. The fourth-order valence-corrected chi connectivity index (χ4v) is 6.18. The lowest BCUT2D eigenvalue weighted by molar-refractivity contribution is -0.119. The third-order valence-corrected chi connectivity index (χ3v) is 7.94. The number of aryl methyl sites for hydroxylation is 2. The van der Waals surface area contributed by atoms with Gasteiger partial charge in [0.05, 0.1) is 16.9 Å². The second-order valence-electron chi connectivity index (χ2n) is 8.47. The number of piperidine rings is 1. The molecule has 1 amide bonds. The Hall–Kier alpha value is -1.64. The molecule has 2 aromatic rings. The summed E-state index contributed by atoms with van der Waals surface area (Å²) in [5.74, 6) is 1.67. The molecule has 1 saturated heterocycles. The number of aromatic amines is 1. The lowest BCUT2D eigenvalue weighted by Crippen LogP contribution is -2.45. The molecule has 162 valence electrons. The molecule has 6 nitrogen and oxygen atoms in total. The van der Waals surface area contributed by atoms with Gasteiger partial charge in [-0.3, -0.25) is 14.5 Å². The fraction of sp³-hybridized carbons (Fsp3) is 0.591. The molecule has 1 fully saturated rings. The first-order valence-electron chi connectivity index (χ1n) is 10.8. The van der Waals surface area contributed by atoms with E-state index in [9.17, 15) is 9.59 Å². The number of nitrogens with zero attached hydrogens (tertiary/aromatic N) is 2. The Kier molecular flexibility index (Phi) is 6.95. The first kappa shape index (κ1) is 21.6. The molecule has 0 spiro atoms. The third kappa shape index (κ3) is 5.15. The largest absolute Gasteiger partial charge is 0.353 e. The molecule has 4 rings (SSSR count). The number of rotatable bonds is 7. The van der Waals surface area contributed by atoms with Gasteiger partial charge in [-0.1, -0.05) is 11.6 Å². The van der Waals surface area contributed by atoms with Gasteiger partial charge in [-0.2, -0.15) is 0 Å². The van der Waals surface area contributed by atoms with Crippen molar-refractivity contribution in [2.45, 2.75) is 57.7 Å². The highest BCUT2D eigenvalue weighted by atomic mass is 32.2. The van der Waals surface area contributed by atoms with Crippen molar-refractivity contribution in [1.82, 2.24) is 20.2 Å². The average Bonchev–Trinajstić information content (AvgIpc) is 3.28. The van der Waals surface area contributed by atoms with Crippen LogP contribution in [0.4, 0.5) is 0 Å². The highest BCUT2D eigenvalue weighted by Gasteiger charge is 2.22. The first-order valence-corrected chi connectivity index (χ1v) is 12.7. The second kappa shape index (κ2) is 9.66. The molecule has 0 aromatic carbocycles. The topological polar surface area (TPSA) is 78.1 Å². The van der Waals surface area contributed by atoms with Crippen LogP contribution in [-0.2, 0) is 23.4 Å². The summed E-state index contributed by atoms with van der Waals surface area (Å²) in [6.45, 7) is 7.30. The number of thioether (sulfide) groups is 1. The molecule has 2 aliphatic rings. The summed E-state index contributed by atoms with van der Waals surface area (Å²) in [6, 6.07) is 0.267. The van der Waals surface area contributed by atoms with Crippen LogP contribution >= 0.6 is 23.1 Å². The standard InChI is InChI=1S/C22H30N4O2S2/c1-14(2)6-9-26-10-7-15(8-11-26)23-19(27)13-29-12-18-24-21(28)20-16-4-3-5-17(16)30-22(20)25-18/h6,15H,3-5,7-13H2,1-2H3,(H,23,27)(H,24,25,28). The van der Waals surface area contributed by atoms with Crippen LogP contribution in [0.3, 0.4) is 0 Å². The monoisotopic (exact) mass is 446 g/mol. The number of allylic oxidation sites excluding steroid dienone is 1. The normalized spacial score (nSPS) is 17.3. The van der Waals surface area contributed by atoms with Crippen molar-refractivity contribution in [3.63, 3.8) is 0 Å². The zero-order chi connectivity index (χ0) is 21.1. The first-order chi connectivity index (χ1) is 14.5. The van der Waals surface area contributed by atoms with Crippen LogP contribution in [0.15, 0.2) is 16.4 Å². The molecule has 0 unspecified atom stereocenters. The molecule has 3 heterocycles. The van der Waals surface area contributed by atoms with Gasteiger partial charge < -0.3 is 10.3 Å². The fourth-order valence-electron chi connectivity index (χ4n) is 4.20. The minimum absolute atomic E-state index is 0.0284. The molecular formula is C22H30N4O2S2. The Balaban J connectivity index is 1.23. The van der Waals surface area contributed by atoms with Gasteiger partial charge in [0.2, 0.25) is 5.91 Å². The van der Waals surface area contributed by atoms with E-state index in [4.69, 9.17) is 0 Å². The minimum atomic E-state index is -0.0284. The Morgan fingerprint density at radius 2 is 2.13 bits per heavy atom. The number of hydrogen-bond donors (Lipinski definition) is 2. The number of aromatic nitrogens is 2.